The first-order chi connectivity index (χ1) is 10.9. The van der Waals surface area contributed by atoms with Gasteiger partial charge in [0.2, 0.25) is 0 Å². The van der Waals surface area contributed by atoms with Gasteiger partial charge in [-0.25, -0.2) is 5.01 Å². The SMILES string of the molecule is O=C(Cn1ccc(C(F)(F)F)n1)N1CCC(c2ccccc2)=N1. The summed E-state index contributed by atoms with van der Waals surface area (Å²) in [6.07, 6.45) is -2.76. The summed E-state index contributed by atoms with van der Waals surface area (Å²) in [7, 11) is 0. The van der Waals surface area contributed by atoms with Gasteiger partial charge in [0, 0.05) is 12.6 Å². The van der Waals surface area contributed by atoms with Gasteiger partial charge in [-0.15, -0.1) is 0 Å². The van der Waals surface area contributed by atoms with Crippen LogP contribution in [0.3, 0.4) is 0 Å². The molecule has 120 valence electrons. The first-order valence-corrected chi connectivity index (χ1v) is 6.97. The van der Waals surface area contributed by atoms with E-state index in [-0.39, 0.29) is 6.54 Å². The normalized spacial score (nSPS) is 14.9. The molecule has 8 heteroatoms. The van der Waals surface area contributed by atoms with Crippen molar-refractivity contribution in [1.29, 1.82) is 0 Å². The van der Waals surface area contributed by atoms with E-state index in [1.54, 1.807) is 0 Å². The third kappa shape index (κ3) is 3.41. The number of benzene rings is 1. The van der Waals surface area contributed by atoms with Crippen LogP contribution < -0.4 is 0 Å². The molecular formula is C15H13F3N4O. The lowest BCUT2D eigenvalue weighted by Gasteiger charge is -2.11. The highest BCUT2D eigenvalue weighted by molar-refractivity contribution is 6.02. The number of aromatic nitrogens is 2. The van der Waals surface area contributed by atoms with E-state index in [2.05, 4.69) is 10.2 Å². The zero-order valence-corrected chi connectivity index (χ0v) is 12.0. The average Bonchev–Trinajstić information content (AvgIpc) is 3.16. The molecule has 1 amide bonds. The average molecular weight is 322 g/mol. The predicted octanol–water partition coefficient (Wildman–Crippen LogP) is 2.54. The largest absolute Gasteiger partial charge is 0.435 e. The van der Waals surface area contributed by atoms with Crippen molar-refractivity contribution in [3.63, 3.8) is 0 Å². The molecule has 1 aliphatic rings. The van der Waals surface area contributed by atoms with E-state index < -0.39 is 17.8 Å². The van der Waals surface area contributed by atoms with Crippen LogP contribution in [0.25, 0.3) is 0 Å². The maximum Gasteiger partial charge on any atom is 0.435 e. The highest BCUT2D eigenvalue weighted by Crippen LogP contribution is 2.27. The van der Waals surface area contributed by atoms with Crippen molar-refractivity contribution in [1.82, 2.24) is 14.8 Å². The second kappa shape index (κ2) is 5.86. The number of carbonyl (C=O) groups excluding carboxylic acids is 1. The fourth-order valence-electron chi connectivity index (χ4n) is 2.29. The fourth-order valence-corrected chi connectivity index (χ4v) is 2.29. The van der Waals surface area contributed by atoms with Crippen LogP contribution in [-0.4, -0.2) is 33.0 Å². The van der Waals surface area contributed by atoms with Crippen LogP contribution in [0.2, 0.25) is 0 Å². The van der Waals surface area contributed by atoms with Crippen LogP contribution in [0.5, 0.6) is 0 Å². The summed E-state index contributed by atoms with van der Waals surface area (Å²) in [5, 5.41) is 8.89. The maximum absolute atomic E-state index is 12.5. The minimum Gasteiger partial charge on any atom is -0.271 e. The number of hydrogen-bond acceptors (Lipinski definition) is 3. The van der Waals surface area contributed by atoms with Crippen LogP contribution in [-0.2, 0) is 17.5 Å². The molecular weight excluding hydrogens is 309 g/mol. The maximum atomic E-state index is 12.5. The van der Waals surface area contributed by atoms with Gasteiger partial charge in [0.05, 0.1) is 12.3 Å². The van der Waals surface area contributed by atoms with Crippen molar-refractivity contribution in [2.24, 2.45) is 5.10 Å². The smallest absolute Gasteiger partial charge is 0.271 e. The van der Waals surface area contributed by atoms with Crippen LogP contribution in [0.4, 0.5) is 13.2 Å². The van der Waals surface area contributed by atoms with Crippen molar-refractivity contribution >= 4 is 11.6 Å². The van der Waals surface area contributed by atoms with Crippen LogP contribution >= 0.6 is 0 Å². The predicted molar refractivity (Wildman–Crippen MR) is 76.5 cm³/mol. The van der Waals surface area contributed by atoms with E-state index in [0.717, 1.165) is 28.2 Å². The summed E-state index contributed by atoms with van der Waals surface area (Å²) in [5.74, 6) is -0.396. The summed E-state index contributed by atoms with van der Waals surface area (Å²) < 4.78 is 38.4. The van der Waals surface area contributed by atoms with Crippen molar-refractivity contribution in [3.05, 3.63) is 53.9 Å². The number of hydrogen-bond donors (Lipinski definition) is 0. The Balaban J connectivity index is 1.68. The van der Waals surface area contributed by atoms with Gasteiger partial charge in [-0.3, -0.25) is 9.48 Å². The first kappa shape index (κ1) is 15.3. The molecule has 1 aromatic heterocycles. The number of carbonyl (C=O) groups is 1. The number of rotatable bonds is 3. The molecule has 23 heavy (non-hydrogen) atoms. The number of nitrogens with zero attached hydrogens (tertiary/aromatic N) is 4. The Morgan fingerprint density at radius 2 is 1.91 bits per heavy atom. The standard InChI is InChI=1S/C15H13F3N4O/c16-15(17,18)13-7-8-21(20-13)10-14(23)22-9-6-12(19-22)11-4-2-1-3-5-11/h1-5,7-8H,6,9-10H2. The zero-order chi connectivity index (χ0) is 16.4. The third-order valence-corrected chi connectivity index (χ3v) is 3.43. The minimum atomic E-state index is -4.51. The Hall–Kier alpha value is -2.64. The van der Waals surface area contributed by atoms with E-state index in [0.29, 0.717) is 13.0 Å². The van der Waals surface area contributed by atoms with Gasteiger partial charge >= 0.3 is 6.18 Å². The number of amides is 1. The van der Waals surface area contributed by atoms with Gasteiger partial charge in [0.15, 0.2) is 5.69 Å². The molecule has 5 nitrogen and oxygen atoms in total. The van der Waals surface area contributed by atoms with E-state index in [1.165, 1.54) is 5.01 Å². The Labute approximate surface area is 130 Å². The molecule has 0 N–H and O–H groups in total. The summed E-state index contributed by atoms with van der Waals surface area (Å²) in [6, 6.07) is 10.3. The lowest BCUT2D eigenvalue weighted by atomic mass is 10.1. The molecule has 0 radical (unpaired) electrons. The molecule has 0 saturated heterocycles. The van der Waals surface area contributed by atoms with Crippen molar-refractivity contribution in [3.8, 4) is 0 Å². The molecule has 1 aliphatic heterocycles. The van der Waals surface area contributed by atoms with Crippen molar-refractivity contribution in [2.45, 2.75) is 19.1 Å². The molecule has 0 aliphatic carbocycles. The summed E-state index contributed by atoms with van der Waals surface area (Å²) >= 11 is 0. The second-order valence-corrected chi connectivity index (χ2v) is 5.08. The Kier molecular flexibility index (Phi) is 3.89. The monoisotopic (exact) mass is 322 g/mol. The summed E-state index contributed by atoms with van der Waals surface area (Å²) in [5.41, 5.74) is 0.705. The molecule has 0 unspecified atom stereocenters. The highest BCUT2D eigenvalue weighted by atomic mass is 19.4. The molecule has 1 aromatic carbocycles. The fraction of sp³-hybridized carbons (Fsp3) is 0.267. The Morgan fingerprint density at radius 1 is 1.17 bits per heavy atom. The first-order valence-electron chi connectivity index (χ1n) is 6.97. The minimum absolute atomic E-state index is 0.276. The molecule has 2 aromatic rings. The van der Waals surface area contributed by atoms with Crippen molar-refractivity contribution in [2.75, 3.05) is 6.54 Å². The van der Waals surface area contributed by atoms with E-state index in [9.17, 15) is 18.0 Å². The Morgan fingerprint density at radius 3 is 2.57 bits per heavy atom. The van der Waals surface area contributed by atoms with Gasteiger partial charge in [0.25, 0.3) is 5.91 Å². The molecule has 0 fully saturated rings. The van der Waals surface area contributed by atoms with Crippen LogP contribution in [0, 0.1) is 0 Å². The van der Waals surface area contributed by atoms with Crippen molar-refractivity contribution < 1.29 is 18.0 Å². The molecule has 0 saturated carbocycles. The van der Waals surface area contributed by atoms with Gasteiger partial charge in [-0.2, -0.15) is 23.4 Å². The molecule has 0 atom stereocenters. The lowest BCUT2D eigenvalue weighted by Crippen LogP contribution is -2.28. The van der Waals surface area contributed by atoms with E-state index in [4.69, 9.17) is 0 Å². The molecule has 2 heterocycles. The van der Waals surface area contributed by atoms with E-state index >= 15 is 0 Å². The van der Waals surface area contributed by atoms with Crippen LogP contribution in [0.1, 0.15) is 17.7 Å². The topological polar surface area (TPSA) is 50.5 Å². The summed E-state index contributed by atoms with van der Waals surface area (Å²) in [6.45, 7) is 0.137. The zero-order valence-electron chi connectivity index (χ0n) is 12.0. The quantitative estimate of drug-likeness (QED) is 0.872. The lowest BCUT2D eigenvalue weighted by molar-refractivity contribution is -0.142. The molecule has 3 rings (SSSR count). The highest BCUT2D eigenvalue weighted by Gasteiger charge is 2.33. The Bertz CT molecular complexity index is 737. The van der Waals surface area contributed by atoms with Crippen LogP contribution in [0.15, 0.2) is 47.7 Å². The van der Waals surface area contributed by atoms with Gasteiger partial charge in [-0.05, 0) is 11.6 Å². The number of hydrazone groups is 1. The molecule has 0 spiro atoms. The number of halogens is 3. The summed E-state index contributed by atoms with van der Waals surface area (Å²) in [4.78, 5) is 12.1. The van der Waals surface area contributed by atoms with E-state index in [1.807, 2.05) is 30.3 Å². The third-order valence-electron chi connectivity index (χ3n) is 3.43. The van der Waals surface area contributed by atoms with Gasteiger partial charge in [0.1, 0.15) is 6.54 Å². The number of alkyl halides is 3. The molecule has 0 bridgehead atoms. The second-order valence-electron chi connectivity index (χ2n) is 5.08. The van der Waals surface area contributed by atoms with Gasteiger partial charge < -0.3 is 0 Å². The van der Waals surface area contributed by atoms with Gasteiger partial charge in [-0.1, -0.05) is 30.3 Å².